The monoisotopic (exact) mass is 233 g/mol. The first-order valence-electron chi connectivity index (χ1n) is 5.75. The standard InChI is InChI=1S/C12H19N5/c1-10-6-15-17(8-10)5-4-16-9-14-7-11(16)12(2,3)13/h6-9H,4-5,13H2,1-3H3. The molecule has 0 atom stereocenters. The molecule has 0 aliphatic rings. The van der Waals surface area contributed by atoms with Crippen molar-refractivity contribution in [2.45, 2.75) is 39.4 Å². The van der Waals surface area contributed by atoms with Gasteiger partial charge in [-0.1, -0.05) is 0 Å². The fourth-order valence-electron chi connectivity index (χ4n) is 1.83. The van der Waals surface area contributed by atoms with Crippen LogP contribution in [0.25, 0.3) is 0 Å². The molecule has 2 heterocycles. The molecule has 0 aliphatic heterocycles. The number of hydrogen-bond acceptors (Lipinski definition) is 3. The van der Waals surface area contributed by atoms with E-state index in [1.54, 1.807) is 0 Å². The van der Waals surface area contributed by atoms with Gasteiger partial charge < -0.3 is 10.3 Å². The quantitative estimate of drug-likeness (QED) is 0.865. The highest BCUT2D eigenvalue weighted by Gasteiger charge is 2.18. The van der Waals surface area contributed by atoms with Gasteiger partial charge in [-0.2, -0.15) is 5.10 Å². The second-order valence-corrected chi connectivity index (χ2v) is 4.97. The topological polar surface area (TPSA) is 61.7 Å². The van der Waals surface area contributed by atoms with Crippen LogP contribution in [-0.2, 0) is 18.6 Å². The van der Waals surface area contributed by atoms with E-state index in [4.69, 9.17) is 5.73 Å². The molecular weight excluding hydrogens is 214 g/mol. The number of nitrogens with zero attached hydrogens (tertiary/aromatic N) is 4. The van der Waals surface area contributed by atoms with Crippen molar-refractivity contribution < 1.29 is 0 Å². The zero-order valence-corrected chi connectivity index (χ0v) is 10.6. The molecule has 2 rings (SSSR count). The molecule has 0 aliphatic carbocycles. The predicted octanol–water partition coefficient (Wildman–Crippen LogP) is 1.28. The minimum absolute atomic E-state index is 0.365. The second kappa shape index (κ2) is 4.33. The average Bonchev–Trinajstić information content (AvgIpc) is 2.81. The normalized spacial score (nSPS) is 12.0. The summed E-state index contributed by atoms with van der Waals surface area (Å²) < 4.78 is 4.01. The average molecular weight is 233 g/mol. The van der Waals surface area contributed by atoms with E-state index in [-0.39, 0.29) is 5.54 Å². The summed E-state index contributed by atoms with van der Waals surface area (Å²) in [7, 11) is 0. The Hall–Kier alpha value is -1.62. The Morgan fingerprint density at radius 3 is 2.65 bits per heavy atom. The molecule has 5 heteroatoms. The molecule has 2 aromatic rings. The smallest absolute Gasteiger partial charge is 0.0949 e. The van der Waals surface area contributed by atoms with Crippen LogP contribution >= 0.6 is 0 Å². The van der Waals surface area contributed by atoms with Crippen LogP contribution in [0.5, 0.6) is 0 Å². The van der Waals surface area contributed by atoms with Crippen molar-refractivity contribution in [2.75, 3.05) is 0 Å². The zero-order chi connectivity index (χ0) is 12.5. The predicted molar refractivity (Wildman–Crippen MR) is 66.4 cm³/mol. The van der Waals surface area contributed by atoms with Crippen LogP contribution in [0.15, 0.2) is 24.9 Å². The fourth-order valence-corrected chi connectivity index (χ4v) is 1.83. The largest absolute Gasteiger partial charge is 0.331 e. The third kappa shape index (κ3) is 2.74. The molecule has 0 bridgehead atoms. The minimum atomic E-state index is -0.365. The summed E-state index contributed by atoms with van der Waals surface area (Å²) in [5.41, 5.74) is 7.95. The van der Waals surface area contributed by atoms with Gasteiger partial charge in [0.25, 0.3) is 0 Å². The van der Waals surface area contributed by atoms with Gasteiger partial charge in [-0.15, -0.1) is 0 Å². The lowest BCUT2D eigenvalue weighted by Gasteiger charge is -2.20. The van der Waals surface area contributed by atoms with Crippen molar-refractivity contribution in [2.24, 2.45) is 5.73 Å². The van der Waals surface area contributed by atoms with Gasteiger partial charge in [0.15, 0.2) is 0 Å². The first kappa shape index (κ1) is 11.9. The van der Waals surface area contributed by atoms with Crippen LogP contribution in [0.4, 0.5) is 0 Å². The van der Waals surface area contributed by atoms with Crippen LogP contribution in [0.2, 0.25) is 0 Å². The molecule has 0 fully saturated rings. The molecule has 0 saturated carbocycles. The maximum Gasteiger partial charge on any atom is 0.0949 e. The summed E-state index contributed by atoms with van der Waals surface area (Å²) in [5.74, 6) is 0. The summed E-state index contributed by atoms with van der Waals surface area (Å²) in [6.45, 7) is 7.66. The van der Waals surface area contributed by atoms with Crippen LogP contribution in [0.1, 0.15) is 25.1 Å². The van der Waals surface area contributed by atoms with Gasteiger partial charge in [0.2, 0.25) is 0 Å². The summed E-state index contributed by atoms with van der Waals surface area (Å²) in [6.07, 6.45) is 7.54. The van der Waals surface area contributed by atoms with E-state index < -0.39 is 0 Å². The molecular formula is C12H19N5. The van der Waals surface area contributed by atoms with E-state index >= 15 is 0 Å². The van der Waals surface area contributed by atoms with Gasteiger partial charge in [0, 0.05) is 18.9 Å². The van der Waals surface area contributed by atoms with Crippen molar-refractivity contribution in [3.63, 3.8) is 0 Å². The number of rotatable bonds is 4. The maximum absolute atomic E-state index is 6.09. The Kier molecular flexibility index (Phi) is 3.02. The highest BCUT2D eigenvalue weighted by molar-refractivity contribution is 5.09. The van der Waals surface area contributed by atoms with Crippen LogP contribution in [0, 0.1) is 6.92 Å². The van der Waals surface area contributed by atoms with E-state index in [9.17, 15) is 0 Å². The van der Waals surface area contributed by atoms with Gasteiger partial charge in [-0.3, -0.25) is 4.68 Å². The Morgan fingerprint density at radius 2 is 2.06 bits per heavy atom. The molecule has 5 nitrogen and oxygen atoms in total. The van der Waals surface area contributed by atoms with Gasteiger partial charge >= 0.3 is 0 Å². The Balaban J connectivity index is 2.07. The lowest BCUT2D eigenvalue weighted by Crippen LogP contribution is -2.31. The summed E-state index contributed by atoms with van der Waals surface area (Å²) in [5, 5.41) is 4.26. The Bertz CT molecular complexity index is 489. The Labute approximate surface area is 101 Å². The molecule has 0 spiro atoms. The van der Waals surface area contributed by atoms with E-state index in [0.717, 1.165) is 18.8 Å². The fraction of sp³-hybridized carbons (Fsp3) is 0.500. The second-order valence-electron chi connectivity index (χ2n) is 4.97. The van der Waals surface area contributed by atoms with Gasteiger partial charge in [-0.25, -0.2) is 4.98 Å². The van der Waals surface area contributed by atoms with Crippen molar-refractivity contribution in [3.8, 4) is 0 Å². The number of hydrogen-bond donors (Lipinski definition) is 1. The lowest BCUT2D eigenvalue weighted by atomic mass is 10.0. The molecule has 0 radical (unpaired) electrons. The van der Waals surface area contributed by atoms with E-state index in [1.165, 1.54) is 5.56 Å². The number of aryl methyl sites for hydroxylation is 3. The zero-order valence-electron chi connectivity index (χ0n) is 10.6. The van der Waals surface area contributed by atoms with Crippen LogP contribution in [-0.4, -0.2) is 19.3 Å². The third-order valence-corrected chi connectivity index (χ3v) is 2.70. The molecule has 0 saturated heterocycles. The van der Waals surface area contributed by atoms with Crippen molar-refractivity contribution in [3.05, 3.63) is 36.2 Å². The van der Waals surface area contributed by atoms with Crippen molar-refractivity contribution in [1.29, 1.82) is 0 Å². The first-order chi connectivity index (χ1) is 7.97. The maximum atomic E-state index is 6.09. The third-order valence-electron chi connectivity index (χ3n) is 2.70. The molecule has 0 unspecified atom stereocenters. The van der Waals surface area contributed by atoms with E-state index in [0.29, 0.717) is 0 Å². The summed E-state index contributed by atoms with van der Waals surface area (Å²) >= 11 is 0. The van der Waals surface area contributed by atoms with Crippen LogP contribution in [0.3, 0.4) is 0 Å². The van der Waals surface area contributed by atoms with E-state index in [1.807, 2.05) is 50.4 Å². The summed E-state index contributed by atoms with van der Waals surface area (Å²) in [6, 6.07) is 0. The van der Waals surface area contributed by atoms with Gasteiger partial charge in [-0.05, 0) is 26.3 Å². The highest BCUT2D eigenvalue weighted by Crippen LogP contribution is 2.16. The van der Waals surface area contributed by atoms with Crippen LogP contribution < -0.4 is 5.73 Å². The molecule has 17 heavy (non-hydrogen) atoms. The lowest BCUT2D eigenvalue weighted by molar-refractivity contribution is 0.461. The molecule has 2 N–H and O–H groups in total. The SMILES string of the molecule is Cc1cnn(CCn2cncc2C(C)(C)N)c1. The van der Waals surface area contributed by atoms with Gasteiger partial charge in [0.1, 0.15) is 0 Å². The molecule has 0 aromatic carbocycles. The molecule has 2 aromatic heterocycles. The van der Waals surface area contributed by atoms with Crippen molar-refractivity contribution in [1.82, 2.24) is 19.3 Å². The van der Waals surface area contributed by atoms with Gasteiger partial charge in [0.05, 0.1) is 30.3 Å². The van der Waals surface area contributed by atoms with E-state index in [2.05, 4.69) is 14.6 Å². The first-order valence-corrected chi connectivity index (χ1v) is 5.75. The Morgan fingerprint density at radius 1 is 1.29 bits per heavy atom. The molecule has 0 amide bonds. The number of imidazole rings is 1. The number of nitrogens with two attached hydrogens (primary N) is 1. The van der Waals surface area contributed by atoms with Crippen molar-refractivity contribution >= 4 is 0 Å². The minimum Gasteiger partial charge on any atom is -0.331 e. The molecule has 92 valence electrons. The number of aromatic nitrogens is 4. The summed E-state index contributed by atoms with van der Waals surface area (Å²) in [4.78, 5) is 4.16. The highest BCUT2D eigenvalue weighted by atomic mass is 15.3.